The monoisotopic (exact) mass is 228 g/mol. The minimum Gasteiger partial charge on any atom is -0.488 e. The molecule has 2 nitrogen and oxygen atoms in total. The number of rotatable bonds is 6. The molecule has 1 aromatic carbocycles. The summed E-state index contributed by atoms with van der Waals surface area (Å²) >= 11 is 0. The lowest BCUT2D eigenvalue weighted by Gasteiger charge is -2.08. The fourth-order valence-corrected chi connectivity index (χ4v) is 1.28. The molecular formula is C12H14F2O2. The Bertz CT molecular complexity index is 341. The van der Waals surface area contributed by atoms with Crippen molar-refractivity contribution >= 4 is 6.29 Å². The molecule has 4 heteroatoms. The number of hydrogen-bond acceptors (Lipinski definition) is 2. The van der Waals surface area contributed by atoms with E-state index in [0.29, 0.717) is 11.8 Å². The molecule has 0 saturated carbocycles. The van der Waals surface area contributed by atoms with E-state index in [1.165, 1.54) is 0 Å². The van der Waals surface area contributed by atoms with Gasteiger partial charge in [0, 0.05) is 6.42 Å². The van der Waals surface area contributed by atoms with Crippen LogP contribution < -0.4 is 4.74 Å². The lowest BCUT2D eigenvalue weighted by molar-refractivity contribution is -0.107. The van der Waals surface area contributed by atoms with Crippen LogP contribution in [0.15, 0.2) is 12.1 Å². The van der Waals surface area contributed by atoms with Crippen molar-refractivity contribution < 1.29 is 18.3 Å². The Kier molecular flexibility index (Phi) is 4.89. The maximum atomic E-state index is 13.4. The lowest BCUT2D eigenvalue weighted by Crippen LogP contribution is -2.02. The molecule has 0 heterocycles. The SMILES string of the molecule is CCCCOc1c(F)cc(CC=O)cc1F. The zero-order valence-electron chi connectivity index (χ0n) is 9.13. The zero-order valence-corrected chi connectivity index (χ0v) is 9.13. The third-order valence-corrected chi connectivity index (χ3v) is 2.12. The molecule has 1 rings (SSSR count). The van der Waals surface area contributed by atoms with Crippen LogP contribution >= 0.6 is 0 Å². The van der Waals surface area contributed by atoms with Gasteiger partial charge in [-0.15, -0.1) is 0 Å². The molecule has 0 aliphatic rings. The van der Waals surface area contributed by atoms with Crippen LogP contribution in [-0.2, 0) is 11.2 Å². The van der Waals surface area contributed by atoms with Crippen LogP contribution in [0.25, 0.3) is 0 Å². The predicted molar refractivity (Wildman–Crippen MR) is 56.5 cm³/mol. The fraction of sp³-hybridized carbons (Fsp3) is 0.417. The topological polar surface area (TPSA) is 26.3 Å². The maximum Gasteiger partial charge on any atom is 0.190 e. The summed E-state index contributed by atoms with van der Waals surface area (Å²) in [5, 5.41) is 0. The number of unbranched alkanes of at least 4 members (excludes halogenated alkanes) is 1. The molecule has 0 N–H and O–H groups in total. The Labute approximate surface area is 93.2 Å². The molecule has 88 valence electrons. The minimum absolute atomic E-state index is 0.00306. The molecular weight excluding hydrogens is 214 g/mol. The summed E-state index contributed by atoms with van der Waals surface area (Å²) in [6.45, 7) is 2.25. The highest BCUT2D eigenvalue weighted by atomic mass is 19.1. The summed E-state index contributed by atoms with van der Waals surface area (Å²) in [6, 6.07) is 2.25. The fourth-order valence-electron chi connectivity index (χ4n) is 1.28. The molecule has 0 saturated heterocycles. The number of ether oxygens (including phenoxy) is 1. The normalized spacial score (nSPS) is 10.2. The van der Waals surface area contributed by atoms with E-state index < -0.39 is 11.6 Å². The van der Waals surface area contributed by atoms with Crippen molar-refractivity contribution in [2.45, 2.75) is 26.2 Å². The van der Waals surface area contributed by atoms with E-state index in [-0.39, 0.29) is 18.8 Å². The first kappa shape index (κ1) is 12.6. The molecule has 0 aromatic heterocycles. The Morgan fingerprint density at radius 1 is 1.31 bits per heavy atom. The van der Waals surface area contributed by atoms with Gasteiger partial charge < -0.3 is 9.53 Å². The quantitative estimate of drug-likeness (QED) is 0.552. The van der Waals surface area contributed by atoms with E-state index in [1.807, 2.05) is 6.92 Å². The van der Waals surface area contributed by atoms with Crippen LogP contribution in [0.1, 0.15) is 25.3 Å². The van der Waals surface area contributed by atoms with Gasteiger partial charge >= 0.3 is 0 Å². The van der Waals surface area contributed by atoms with Crippen LogP contribution in [0.5, 0.6) is 5.75 Å². The van der Waals surface area contributed by atoms with Gasteiger partial charge in [0.15, 0.2) is 17.4 Å². The third-order valence-electron chi connectivity index (χ3n) is 2.12. The average Bonchev–Trinajstić information content (AvgIpc) is 2.23. The second kappa shape index (κ2) is 6.20. The first-order valence-corrected chi connectivity index (χ1v) is 5.23. The van der Waals surface area contributed by atoms with E-state index in [1.54, 1.807) is 0 Å². The molecule has 0 unspecified atom stereocenters. The van der Waals surface area contributed by atoms with Gasteiger partial charge in [-0.2, -0.15) is 0 Å². The molecule has 0 aliphatic carbocycles. The Morgan fingerprint density at radius 3 is 2.44 bits per heavy atom. The molecule has 16 heavy (non-hydrogen) atoms. The highest BCUT2D eigenvalue weighted by Crippen LogP contribution is 2.23. The van der Waals surface area contributed by atoms with Gasteiger partial charge in [0.2, 0.25) is 0 Å². The number of benzene rings is 1. The largest absolute Gasteiger partial charge is 0.488 e. The van der Waals surface area contributed by atoms with E-state index in [4.69, 9.17) is 4.74 Å². The summed E-state index contributed by atoms with van der Waals surface area (Å²) in [5.41, 5.74) is 0.313. The first-order chi connectivity index (χ1) is 7.69. The van der Waals surface area contributed by atoms with Crippen LogP contribution in [0.3, 0.4) is 0 Å². The molecule has 0 spiro atoms. The number of hydrogen-bond donors (Lipinski definition) is 0. The van der Waals surface area contributed by atoms with Crippen molar-refractivity contribution in [3.05, 3.63) is 29.3 Å². The summed E-state index contributed by atoms with van der Waals surface area (Å²) in [6.07, 6.45) is 2.25. The molecule has 0 radical (unpaired) electrons. The second-order valence-electron chi connectivity index (χ2n) is 3.46. The summed E-state index contributed by atoms with van der Waals surface area (Å²) in [4.78, 5) is 10.2. The average molecular weight is 228 g/mol. The third kappa shape index (κ3) is 3.29. The van der Waals surface area contributed by atoms with Crippen molar-refractivity contribution in [1.29, 1.82) is 0 Å². The Hall–Kier alpha value is -1.45. The van der Waals surface area contributed by atoms with Crippen LogP contribution in [0, 0.1) is 11.6 Å². The molecule has 0 amide bonds. The van der Waals surface area contributed by atoms with Gasteiger partial charge in [-0.25, -0.2) is 8.78 Å². The summed E-state index contributed by atoms with van der Waals surface area (Å²) < 4.78 is 31.8. The number of halogens is 2. The highest BCUT2D eigenvalue weighted by molar-refractivity contribution is 5.55. The van der Waals surface area contributed by atoms with Gasteiger partial charge in [-0.05, 0) is 24.1 Å². The minimum atomic E-state index is -0.757. The van der Waals surface area contributed by atoms with Gasteiger partial charge in [0.25, 0.3) is 0 Å². The number of carbonyl (C=O) groups excluding carboxylic acids is 1. The summed E-state index contributed by atoms with van der Waals surface area (Å²) in [7, 11) is 0. The Balaban J connectivity index is 2.80. The van der Waals surface area contributed by atoms with Crippen molar-refractivity contribution in [1.82, 2.24) is 0 Å². The Morgan fingerprint density at radius 2 is 1.94 bits per heavy atom. The van der Waals surface area contributed by atoms with Crippen molar-refractivity contribution in [2.24, 2.45) is 0 Å². The highest BCUT2D eigenvalue weighted by Gasteiger charge is 2.12. The molecule has 1 aromatic rings. The van der Waals surface area contributed by atoms with E-state index in [9.17, 15) is 13.6 Å². The zero-order chi connectivity index (χ0) is 12.0. The van der Waals surface area contributed by atoms with Gasteiger partial charge in [0.05, 0.1) is 6.61 Å². The van der Waals surface area contributed by atoms with E-state index in [0.717, 1.165) is 25.0 Å². The van der Waals surface area contributed by atoms with Crippen LogP contribution in [0.4, 0.5) is 8.78 Å². The summed E-state index contributed by atoms with van der Waals surface area (Å²) in [5.74, 6) is -1.87. The van der Waals surface area contributed by atoms with Crippen molar-refractivity contribution in [3.63, 3.8) is 0 Å². The smallest absolute Gasteiger partial charge is 0.190 e. The van der Waals surface area contributed by atoms with Crippen molar-refractivity contribution in [2.75, 3.05) is 6.61 Å². The maximum absolute atomic E-state index is 13.4. The lowest BCUT2D eigenvalue weighted by atomic mass is 10.1. The number of carbonyl (C=O) groups is 1. The molecule has 0 atom stereocenters. The second-order valence-corrected chi connectivity index (χ2v) is 3.46. The van der Waals surface area contributed by atoms with Crippen LogP contribution in [-0.4, -0.2) is 12.9 Å². The molecule has 0 aliphatic heterocycles. The molecule has 0 bridgehead atoms. The molecule has 0 fully saturated rings. The number of aldehydes is 1. The van der Waals surface area contributed by atoms with Crippen molar-refractivity contribution in [3.8, 4) is 5.75 Å². The van der Waals surface area contributed by atoms with Gasteiger partial charge in [-0.1, -0.05) is 13.3 Å². The predicted octanol–water partition coefficient (Wildman–Crippen LogP) is 2.89. The van der Waals surface area contributed by atoms with Gasteiger partial charge in [-0.3, -0.25) is 0 Å². The standard InChI is InChI=1S/C12H14F2O2/c1-2-3-6-16-12-10(13)7-9(4-5-15)8-11(12)14/h5,7-8H,2-4,6H2,1H3. The van der Waals surface area contributed by atoms with Gasteiger partial charge in [0.1, 0.15) is 6.29 Å². The first-order valence-electron chi connectivity index (χ1n) is 5.23. The van der Waals surface area contributed by atoms with Crippen LogP contribution in [0.2, 0.25) is 0 Å². The van der Waals surface area contributed by atoms with E-state index >= 15 is 0 Å². The van der Waals surface area contributed by atoms with E-state index in [2.05, 4.69) is 0 Å².